The number of thiophene rings is 1. The maximum atomic E-state index is 13.1. The van der Waals surface area contributed by atoms with Crippen LogP contribution in [0.3, 0.4) is 0 Å². The van der Waals surface area contributed by atoms with Crippen LogP contribution in [0.1, 0.15) is 23.5 Å². The Morgan fingerprint density at radius 3 is 2.73 bits per heavy atom. The van der Waals surface area contributed by atoms with E-state index >= 15 is 0 Å². The fraction of sp³-hybridized carbons (Fsp3) is 0.200. The summed E-state index contributed by atoms with van der Waals surface area (Å²) in [5.74, 6) is 1.67. The lowest BCUT2D eigenvalue weighted by atomic mass is 10.1. The highest BCUT2D eigenvalue weighted by Crippen LogP contribution is 2.36. The molecule has 0 saturated heterocycles. The van der Waals surface area contributed by atoms with Crippen LogP contribution in [0, 0.1) is 6.92 Å². The Morgan fingerprint density at radius 2 is 1.97 bits per heavy atom. The van der Waals surface area contributed by atoms with E-state index in [0.717, 1.165) is 10.1 Å². The molecule has 30 heavy (non-hydrogen) atoms. The van der Waals surface area contributed by atoms with Crippen LogP contribution in [0.2, 0.25) is 0 Å². The molecule has 7 nitrogen and oxygen atoms in total. The van der Waals surface area contributed by atoms with Gasteiger partial charge in [-0.05, 0) is 30.7 Å². The zero-order valence-corrected chi connectivity index (χ0v) is 16.8. The van der Waals surface area contributed by atoms with Gasteiger partial charge in [-0.1, -0.05) is 12.1 Å². The number of para-hydroxylation sites is 2. The molecule has 152 valence electrons. The molecule has 10 heteroatoms. The van der Waals surface area contributed by atoms with Gasteiger partial charge in [-0.25, -0.2) is 28.2 Å². The van der Waals surface area contributed by atoms with Crippen LogP contribution < -0.4 is 9.47 Å². The summed E-state index contributed by atoms with van der Waals surface area (Å²) in [6, 6.07) is 8.72. The first kappa shape index (κ1) is 18.6. The SMILES string of the molecule is COc1ccccc1OCc1nc2c3sc4nc(C(F)F)cc(C)c4c3ncn2n1. The fourth-order valence-electron chi connectivity index (χ4n) is 3.33. The number of aryl methyl sites for hydroxylation is 1. The predicted molar refractivity (Wildman–Crippen MR) is 108 cm³/mol. The number of fused-ring (bicyclic) bond motifs is 5. The first-order valence-corrected chi connectivity index (χ1v) is 9.84. The second kappa shape index (κ2) is 7.13. The molecule has 0 radical (unpaired) electrons. The second-order valence-corrected chi connectivity index (χ2v) is 7.60. The van der Waals surface area contributed by atoms with Crippen molar-refractivity contribution < 1.29 is 18.3 Å². The number of pyridine rings is 1. The van der Waals surface area contributed by atoms with Crippen LogP contribution in [-0.2, 0) is 6.61 Å². The van der Waals surface area contributed by atoms with Gasteiger partial charge in [-0.3, -0.25) is 0 Å². The number of benzene rings is 1. The molecular weight excluding hydrogens is 412 g/mol. The standard InChI is InChI=1S/C20H15F2N5O2S/c1-10-7-11(18(21)22)24-20-15(10)16-17(30-20)19-25-14(26-27(19)9-23-16)8-29-13-6-4-3-5-12(13)28-2/h3-7,9,18H,8H2,1-2H3. The van der Waals surface area contributed by atoms with Crippen LogP contribution in [-0.4, -0.2) is 31.7 Å². The van der Waals surface area contributed by atoms with E-state index in [9.17, 15) is 8.78 Å². The minimum atomic E-state index is -2.63. The van der Waals surface area contributed by atoms with Gasteiger partial charge in [0.1, 0.15) is 28.2 Å². The Bertz CT molecular complexity index is 1400. The van der Waals surface area contributed by atoms with Crippen molar-refractivity contribution in [2.24, 2.45) is 0 Å². The summed E-state index contributed by atoms with van der Waals surface area (Å²) in [5.41, 5.74) is 1.73. The van der Waals surface area contributed by atoms with Crippen molar-refractivity contribution in [3.63, 3.8) is 0 Å². The third-order valence-corrected chi connectivity index (χ3v) is 5.75. The highest BCUT2D eigenvalue weighted by atomic mass is 32.1. The zero-order valence-electron chi connectivity index (χ0n) is 16.0. The lowest BCUT2D eigenvalue weighted by Gasteiger charge is -2.08. The summed E-state index contributed by atoms with van der Waals surface area (Å²) in [6.45, 7) is 1.92. The topological polar surface area (TPSA) is 74.4 Å². The number of aromatic nitrogens is 5. The Labute approximate surface area is 172 Å². The van der Waals surface area contributed by atoms with Crippen LogP contribution in [0.5, 0.6) is 11.5 Å². The summed E-state index contributed by atoms with van der Waals surface area (Å²) < 4.78 is 39.7. The van der Waals surface area contributed by atoms with E-state index < -0.39 is 6.43 Å². The van der Waals surface area contributed by atoms with E-state index in [1.165, 1.54) is 17.4 Å². The maximum Gasteiger partial charge on any atom is 0.280 e. The molecule has 5 aromatic rings. The zero-order chi connectivity index (χ0) is 20.8. The summed E-state index contributed by atoms with van der Waals surface area (Å²) in [6.07, 6.45) is -1.07. The predicted octanol–water partition coefficient (Wildman–Crippen LogP) is 4.72. The van der Waals surface area contributed by atoms with E-state index in [0.29, 0.717) is 38.9 Å². The number of alkyl halides is 2. The Kier molecular flexibility index (Phi) is 4.43. The minimum Gasteiger partial charge on any atom is -0.493 e. The van der Waals surface area contributed by atoms with E-state index in [-0.39, 0.29) is 12.3 Å². The van der Waals surface area contributed by atoms with Gasteiger partial charge in [0.25, 0.3) is 6.43 Å². The molecule has 1 aromatic carbocycles. The lowest BCUT2D eigenvalue weighted by molar-refractivity contribution is 0.146. The molecule has 4 aromatic heterocycles. The molecule has 0 aliphatic carbocycles. The van der Waals surface area contributed by atoms with Crippen LogP contribution in [0.25, 0.3) is 26.1 Å². The van der Waals surface area contributed by atoms with Crippen molar-refractivity contribution in [3.05, 3.63) is 53.7 Å². The maximum absolute atomic E-state index is 13.1. The van der Waals surface area contributed by atoms with Gasteiger partial charge >= 0.3 is 0 Å². The average molecular weight is 427 g/mol. The van der Waals surface area contributed by atoms with Gasteiger partial charge in [0.05, 0.1) is 12.6 Å². The quantitative estimate of drug-likeness (QED) is 0.404. The average Bonchev–Trinajstić information content (AvgIpc) is 3.33. The summed E-state index contributed by atoms with van der Waals surface area (Å²) in [4.78, 5) is 13.7. The summed E-state index contributed by atoms with van der Waals surface area (Å²) >= 11 is 1.28. The summed E-state index contributed by atoms with van der Waals surface area (Å²) in [7, 11) is 1.57. The normalized spacial score (nSPS) is 11.8. The van der Waals surface area contributed by atoms with E-state index in [1.807, 2.05) is 12.1 Å². The molecule has 4 heterocycles. The van der Waals surface area contributed by atoms with Crippen LogP contribution in [0.15, 0.2) is 36.7 Å². The number of rotatable bonds is 5. The Balaban J connectivity index is 1.57. The largest absolute Gasteiger partial charge is 0.493 e. The van der Waals surface area contributed by atoms with Gasteiger partial charge in [-0.15, -0.1) is 16.4 Å². The number of hydrogen-bond donors (Lipinski definition) is 0. The van der Waals surface area contributed by atoms with Gasteiger partial charge in [-0.2, -0.15) is 0 Å². The van der Waals surface area contributed by atoms with Crippen molar-refractivity contribution in [1.29, 1.82) is 0 Å². The third-order valence-electron chi connectivity index (χ3n) is 4.68. The van der Waals surface area contributed by atoms with Crippen molar-refractivity contribution in [2.45, 2.75) is 20.0 Å². The van der Waals surface area contributed by atoms with Crippen molar-refractivity contribution in [3.8, 4) is 11.5 Å². The molecule has 0 bridgehead atoms. The molecule has 0 amide bonds. The van der Waals surface area contributed by atoms with Crippen molar-refractivity contribution >= 4 is 37.4 Å². The van der Waals surface area contributed by atoms with Crippen molar-refractivity contribution in [2.75, 3.05) is 7.11 Å². The highest BCUT2D eigenvalue weighted by Gasteiger charge is 2.19. The molecule has 0 spiro atoms. The molecule has 0 aliphatic heterocycles. The van der Waals surface area contributed by atoms with E-state index in [1.54, 1.807) is 37.0 Å². The third kappa shape index (κ3) is 3.00. The van der Waals surface area contributed by atoms with Crippen LogP contribution >= 0.6 is 11.3 Å². The Hall–Kier alpha value is -3.40. The molecule has 0 unspecified atom stereocenters. The monoisotopic (exact) mass is 427 g/mol. The van der Waals surface area contributed by atoms with Gasteiger partial charge in [0.2, 0.25) is 0 Å². The molecule has 0 aliphatic rings. The van der Waals surface area contributed by atoms with Crippen molar-refractivity contribution in [1.82, 2.24) is 24.6 Å². The molecule has 0 atom stereocenters. The first-order chi connectivity index (χ1) is 14.5. The minimum absolute atomic E-state index is 0.140. The van der Waals surface area contributed by atoms with Gasteiger partial charge in [0, 0.05) is 5.39 Å². The number of ether oxygens (including phenoxy) is 2. The number of nitrogens with zero attached hydrogens (tertiary/aromatic N) is 5. The molecule has 0 saturated carbocycles. The molecule has 0 N–H and O–H groups in total. The highest BCUT2D eigenvalue weighted by molar-refractivity contribution is 7.26. The molecule has 0 fully saturated rings. The molecular formula is C20H15F2N5O2S. The molecule has 5 rings (SSSR count). The smallest absolute Gasteiger partial charge is 0.280 e. The van der Waals surface area contributed by atoms with Gasteiger partial charge < -0.3 is 9.47 Å². The van der Waals surface area contributed by atoms with E-state index in [2.05, 4.69) is 20.1 Å². The number of methoxy groups -OCH3 is 1. The fourth-order valence-corrected chi connectivity index (χ4v) is 4.52. The first-order valence-electron chi connectivity index (χ1n) is 9.03. The number of halogens is 2. The van der Waals surface area contributed by atoms with Gasteiger partial charge in [0.15, 0.2) is 23.0 Å². The number of hydrogen-bond acceptors (Lipinski definition) is 7. The van der Waals surface area contributed by atoms with E-state index in [4.69, 9.17) is 9.47 Å². The lowest BCUT2D eigenvalue weighted by Crippen LogP contribution is -1.99. The van der Waals surface area contributed by atoms with Crippen LogP contribution in [0.4, 0.5) is 8.78 Å². The second-order valence-electron chi connectivity index (χ2n) is 6.60. The summed E-state index contributed by atoms with van der Waals surface area (Å²) in [5, 5.41) is 5.18. The Morgan fingerprint density at radius 1 is 1.17 bits per heavy atom.